The zero-order valence-electron chi connectivity index (χ0n) is 18.2. The lowest BCUT2D eigenvalue weighted by molar-refractivity contribution is 0.118. The lowest BCUT2D eigenvalue weighted by atomic mass is 9.69. The number of hydrazone groups is 1. The Labute approximate surface area is 180 Å². The number of nitrogens with zero attached hydrogens (tertiary/aromatic N) is 2. The van der Waals surface area contributed by atoms with E-state index in [1.165, 1.54) is 12.8 Å². The van der Waals surface area contributed by atoms with Crippen molar-refractivity contribution in [2.75, 3.05) is 6.54 Å². The third kappa shape index (κ3) is 3.37. The van der Waals surface area contributed by atoms with Gasteiger partial charge in [-0.2, -0.15) is 5.10 Å². The SMILES string of the molecule is CCCCC1=NN(C(=O)N[C@H]2C[C@H]3CC[C@]2(C)C3(C)C)CC1c1ccccc1Cl. The Bertz CT molecular complexity index is 820. The summed E-state index contributed by atoms with van der Waals surface area (Å²) in [5, 5.41) is 10.5. The Morgan fingerprint density at radius 1 is 1.31 bits per heavy atom. The molecule has 2 amide bonds. The standard InChI is InChI=1S/C24H34ClN3O/c1-5-6-11-20-18(17-9-7-8-10-19(17)25)15-28(27-20)22(29)26-21-14-16-12-13-24(21,4)23(16,2)3/h7-10,16,18,21H,5-6,11-15H2,1-4H3,(H,26,29)/t16-,18?,21+,24+/m1/s1. The van der Waals surface area contributed by atoms with Crippen molar-refractivity contribution in [3.8, 4) is 0 Å². The first-order chi connectivity index (χ1) is 13.8. The first-order valence-electron chi connectivity index (χ1n) is 11.2. The fourth-order valence-corrected chi connectivity index (χ4v) is 6.20. The van der Waals surface area contributed by atoms with Crippen LogP contribution in [-0.2, 0) is 0 Å². The second-order valence-electron chi connectivity index (χ2n) is 9.96. The minimum atomic E-state index is -0.0527. The molecule has 0 aromatic heterocycles. The van der Waals surface area contributed by atoms with Crippen molar-refractivity contribution in [2.45, 2.75) is 78.2 Å². The molecule has 4 rings (SSSR count). The van der Waals surface area contributed by atoms with E-state index in [0.29, 0.717) is 12.5 Å². The van der Waals surface area contributed by atoms with Gasteiger partial charge in [0.1, 0.15) is 0 Å². The highest BCUT2D eigenvalue weighted by Crippen LogP contribution is 2.65. The number of fused-ring (bicyclic) bond motifs is 2. The van der Waals surface area contributed by atoms with Crippen LogP contribution >= 0.6 is 11.6 Å². The van der Waals surface area contributed by atoms with Gasteiger partial charge in [-0.25, -0.2) is 9.80 Å². The maximum absolute atomic E-state index is 13.2. The molecule has 1 N–H and O–H groups in total. The molecule has 5 heteroatoms. The summed E-state index contributed by atoms with van der Waals surface area (Å²) < 4.78 is 0. The molecular formula is C24H34ClN3O. The molecule has 29 heavy (non-hydrogen) atoms. The number of unbranched alkanes of at least 4 members (excludes halogenated alkanes) is 1. The van der Waals surface area contributed by atoms with Crippen LogP contribution in [0.5, 0.6) is 0 Å². The van der Waals surface area contributed by atoms with E-state index in [4.69, 9.17) is 16.7 Å². The highest BCUT2D eigenvalue weighted by Gasteiger charge is 2.61. The summed E-state index contributed by atoms with van der Waals surface area (Å²) in [5.74, 6) is 0.795. The van der Waals surface area contributed by atoms with Crippen LogP contribution in [-0.4, -0.2) is 29.3 Å². The smallest absolute Gasteiger partial charge is 0.333 e. The van der Waals surface area contributed by atoms with Crippen molar-refractivity contribution in [1.82, 2.24) is 10.3 Å². The first kappa shape index (κ1) is 20.7. The number of hydrogen-bond acceptors (Lipinski definition) is 2. The zero-order valence-corrected chi connectivity index (χ0v) is 18.9. The normalized spacial score (nSPS) is 32.5. The molecule has 1 aromatic carbocycles. The fraction of sp³-hybridized carbons (Fsp3) is 0.667. The van der Waals surface area contributed by atoms with Gasteiger partial charge in [0.05, 0.1) is 6.54 Å². The molecule has 2 bridgehead atoms. The molecule has 4 atom stereocenters. The van der Waals surface area contributed by atoms with Crippen LogP contribution in [0.2, 0.25) is 5.02 Å². The minimum Gasteiger partial charge on any atom is -0.333 e. The predicted octanol–water partition coefficient (Wildman–Crippen LogP) is 6.21. The average molecular weight is 416 g/mol. The largest absolute Gasteiger partial charge is 0.338 e. The van der Waals surface area contributed by atoms with Crippen molar-refractivity contribution >= 4 is 23.3 Å². The van der Waals surface area contributed by atoms with Gasteiger partial charge in [-0.1, -0.05) is 63.9 Å². The van der Waals surface area contributed by atoms with Gasteiger partial charge in [-0.05, 0) is 60.5 Å². The quantitative estimate of drug-likeness (QED) is 0.610. The Balaban J connectivity index is 1.51. The highest BCUT2D eigenvalue weighted by molar-refractivity contribution is 6.31. The van der Waals surface area contributed by atoms with E-state index in [2.05, 4.69) is 39.1 Å². The lowest BCUT2D eigenvalue weighted by Gasteiger charge is -2.39. The van der Waals surface area contributed by atoms with E-state index in [-0.39, 0.29) is 28.8 Å². The third-order valence-corrected chi connectivity index (χ3v) is 8.74. The van der Waals surface area contributed by atoms with Gasteiger partial charge in [0.15, 0.2) is 0 Å². The predicted molar refractivity (Wildman–Crippen MR) is 119 cm³/mol. The minimum absolute atomic E-state index is 0.0527. The summed E-state index contributed by atoms with van der Waals surface area (Å²) in [6.45, 7) is 9.87. The number of benzene rings is 1. The molecule has 3 aliphatic rings. The monoisotopic (exact) mass is 415 g/mol. The van der Waals surface area contributed by atoms with Gasteiger partial charge in [0.2, 0.25) is 0 Å². The summed E-state index contributed by atoms with van der Waals surface area (Å²) in [6, 6.07) is 8.14. The molecular weight excluding hydrogens is 382 g/mol. The van der Waals surface area contributed by atoms with Crippen LogP contribution in [0.1, 0.15) is 77.7 Å². The molecule has 1 unspecified atom stereocenters. The van der Waals surface area contributed by atoms with E-state index in [1.807, 2.05) is 18.2 Å². The molecule has 1 aliphatic heterocycles. The van der Waals surface area contributed by atoms with Gasteiger partial charge in [-0.15, -0.1) is 0 Å². The second kappa shape index (κ2) is 7.61. The molecule has 0 saturated heterocycles. The highest BCUT2D eigenvalue weighted by atomic mass is 35.5. The molecule has 2 fully saturated rings. The number of hydrogen-bond donors (Lipinski definition) is 1. The van der Waals surface area contributed by atoms with Gasteiger partial charge in [-0.3, -0.25) is 0 Å². The number of carbonyl (C=O) groups is 1. The van der Waals surface area contributed by atoms with Crippen LogP contribution in [0.3, 0.4) is 0 Å². The van der Waals surface area contributed by atoms with E-state index < -0.39 is 0 Å². The Morgan fingerprint density at radius 2 is 2.07 bits per heavy atom. The number of rotatable bonds is 5. The Hall–Kier alpha value is -1.55. The van der Waals surface area contributed by atoms with Crippen molar-refractivity contribution in [3.05, 3.63) is 34.9 Å². The summed E-state index contributed by atoms with van der Waals surface area (Å²) in [5.41, 5.74) is 2.61. The molecule has 0 radical (unpaired) electrons. The van der Waals surface area contributed by atoms with Crippen LogP contribution in [0, 0.1) is 16.7 Å². The molecule has 0 spiro atoms. The molecule has 2 aliphatic carbocycles. The van der Waals surface area contributed by atoms with Crippen molar-refractivity contribution in [2.24, 2.45) is 21.8 Å². The van der Waals surface area contributed by atoms with Crippen LogP contribution < -0.4 is 5.32 Å². The van der Waals surface area contributed by atoms with E-state index in [1.54, 1.807) is 5.01 Å². The van der Waals surface area contributed by atoms with Crippen molar-refractivity contribution in [3.63, 3.8) is 0 Å². The van der Waals surface area contributed by atoms with Crippen molar-refractivity contribution < 1.29 is 4.79 Å². The van der Waals surface area contributed by atoms with Crippen LogP contribution in [0.4, 0.5) is 4.79 Å². The van der Waals surface area contributed by atoms with Gasteiger partial charge < -0.3 is 5.32 Å². The summed E-state index contributed by atoms with van der Waals surface area (Å²) in [6.07, 6.45) is 6.66. The number of nitrogens with one attached hydrogen (secondary N) is 1. The summed E-state index contributed by atoms with van der Waals surface area (Å²) in [4.78, 5) is 13.2. The van der Waals surface area contributed by atoms with E-state index in [0.717, 1.165) is 42.0 Å². The fourth-order valence-electron chi connectivity index (χ4n) is 5.94. The van der Waals surface area contributed by atoms with E-state index >= 15 is 0 Å². The number of carbonyl (C=O) groups excluding carboxylic acids is 1. The lowest BCUT2D eigenvalue weighted by Crippen LogP contribution is -2.50. The third-order valence-electron chi connectivity index (χ3n) is 8.40. The molecule has 4 nitrogen and oxygen atoms in total. The summed E-state index contributed by atoms with van der Waals surface area (Å²) in [7, 11) is 0. The molecule has 1 heterocycles. The maximum Gasteiger partial charge on any atom is 0.338 e. The maximum atomic E-state index is 13.2. The van der Waals surface area contributed by atoms with Gasteiger partial charge in [0, 0.05) is 22.7 Å². The molecule has 158 valence electrons. The van der Waals surface area contributed by atoms with Gasteiger partial charge >= 0.3 is 6.03 Å². The molecule has 1 aromatic rings. The number of halogens is 1. The number of amides is 2. The Kier molecular flexibility index (Phi) is 5.43. The zero-order chi connectivity index (χ0) is 20.8. The van der Waals surface area contributed by atoms with E-state index in [9.17, 15) is 4.79 Å². The van der Waals surface area contributed by atoms with Crippen molar-refractivity contribution in [1.29, 1.82) is 0 Å². The second-order valence-corrected chi connectivity index (χ2v) is 10.4. The molecule has 2 saturated carbocycles. The van der Waals surface area contributed by atoms with Crippen LogP contribution in [0.25, 0.3) is 0 Å². The first-order valence-corrected chi connectivity index (χ1v) is 11.6. The topological polar surface area (TPSA) is 44.7 Å². The van der Waals surface area contributed by atoms with Crippen LogP contribution in [0.15, 0.2) is 29.4 Å². The number of urea groups is 1. The average Bonchev–Trinajstić information content (AvgIpc) is 3.26. The van der Waals surface area contributed by atoms with Gasteiger partial charge in [0.25, 0.3) is 0 Å². The Morgan fingerprint density at radius 3 is 2.69 bits per heavy atom. The summed E-state index contributed by atoms with van der Waals surface area (Å²) >= 11 is 6.49.